The summed E-state index contributed by atoms with van der Waals surface area (Å²) >= 11 is 0. The first-order chi connectivity index (χ1) is 10.2. The molecule has 3 rings (SSSR count). The van der Waals surface area contributed by atoms with Gasteiger partial charge in [-0.05, 0) is 52.5 Å². The summed E-state index contributed by atoms with van der Waals surface area (Å²) in [6.45, 7) is 5.42. The first-order valence-electron chi connectivity index (χ1n) is 7.78. The van der Waals surface area contributed by atoms with Gasteiger partial charge in [-0.1, -0.05) is 6.07 Å². The molecule has 5 heteroatoms. The molecule has 0 bridgehead atoms. The van der Waals surface area contributed by atoms with Crippen molar-refractivity contribution in [1.29, 1.82) is 0 Å². The molecule has 0 heterocycles. The fourth-order valence-electron chi connectivity index (χ4n) is 3.21. The standard InChI is InChI=1S/C17H24N2O3/c1-15(2,3)22-14(21)19-11-4-5-12(13(20)10-11)16(6-7-16)17(18)8-9-17/h4-5,10,20H,6-9,18H2,1-3H3,(H,19,21). The number of hydrogen-bond donors (Lipinski definition) is 3. The van der Waals surface area contributed by atoms with Gasteiger partial charge in [0.25, 0.3) is 0 Å². The maximum Gasteiger partial charge on any atom is 0.412 e. The Bertz CT molecular complexity index is 611. The summed E-state index contributed by atoms with van der Waals surface area (Å²) in [7, 11) is 0. The molecule has 4 N–H and O–H groups in total. The minimum atomic E-state index is -0.554. The number of nitrogens with one attached hydrogen (secondary N) is 1. The van der Waals surface area contributed by atoms with Gasteiger partial charge in [-0.25, -0.2) is 4.79 Å². The van der Waals surface area contributed by atoms with Gasteiger partial charge in [-0.15, -0.1) is 0 Å². The highest BCUT2D eigenvalue weighted by molar-refractivity contribution is 5.85. The Morgan fingerprint density at radius 1 is 1.27 bits per heavy atom. The predicted octanol–water partition coefficient (Wildman–Crippen LogP) is 3.26. The van der Waals surface area contributed by atoms with Gasteiger partial charge in [-0.3, -0.25) is 5.32 Å². The number of aromatic hydroxyl groups is 1. The number of nitrogens with two attached hydrogens (primary N) is 1. The lowest BCUT2D eigenvalue weighted by atomic mass is 9.85. The average molecular weight is 304 g/mol. The highest BCUT2D eigenvalue weighted by Gasteiger charge is 2.64. The van der Waals surface area contributed by atoms with E-state index in [0.29, 0.717) is 5.69 Å². The average Bonchev–Trinajstić information content (AvgIpc) is 3.23. The van der Waals surface area contributed by atoms with Crippen LogP contribution in [0.2, 0.25) is 0 Å². The molecule has 0 aliphatic heterocycles. The zero-order chi connectivity index (χ0) is 16.2. The second kappa shape index (κ2) is 4.62. The predicted molar refractivity (Wildman–Crippen MR) is 85.0 cm³/mol. The second-order valence-corrected chi connectivity index (χ2v) is 7.60. The van der Waals surface area contributed by atoms with E-state index in [2.05, 4.69) is 5.32 Å². The van der Waals surface area contributed by atoms with E-state index in [1.54, 1.807) is 32.9 Å². The van der Waals surface area contributed by atoms with Crippen molar-refractivity contribution in [3.8, 4) is 5.75 Å². The Hall–Kier alpha value is -1.75. The van der Waals surface area contributed by atoms with Crippen LogP contribution in [0.1, 0.15) is 52.0 Å². The van der Waals surface area contributed by atoms with E-state index in [0.717, 1.165) is 31.2 Å². The van der Waals surface area contributed by atoms with Crippen LogP contribution in [0.15, 0.2) is 18.2 Å². The van der Waals surface area contributed by atoms with Crippen LogP contribution in [0.4, 0.5) is 10.5 Å². The van der Waals surface area contributed by atoms with Crippen LogP contribution in [0, 0.1) is 0 Å². The zero-order valence-electron chi connectivity index (χ0n) is 13.4. The Balaban J connectivity index is 1.75. The van der Waals surface area contributed by atoms with Gasteiger partial charge in [-0.2, -0.15) is 0 Å². The van der Waals surface area contributed by atoms with E-state index in [9.17, 15) is 9.90 Å². The monoisotopic (exact) mass is 304 g/mol. The Morgan fingerprint density at radius 2 is 1.91 bits per heavy atom. The SMILES string of the molecule is CC(C)(C)OC(=O)Nc1ccc(C2(C3(N)CC3)CC2)c(O)c1. The molecule has 5 nitrogen and oxygen atoms in total. The fourth-order valence-corrected chi connectivity index (χ4v) is 3.21. The summed E-state index contributed by atoms with van der Waals surface area (Å²) in [5.74, 6) is 0.197. The van der Waals surface area contributed by atoms with Gasteiger partial charge >= 0.3 is 6.09 Å². The molecule has 2 fully saturated rings. The lowest BCUT2D eigenvalue weighted by molar-refractivity contribution is 0.0636. The molecule has 0 radical (unpaired) electrons. The number of amides is 1. The van der Waals surface area contributed by atoms with Gasteiger partial charge < -0.3 is 15.6 Å². The fraction of sp³-hybridized carbons (Fsp3) is 0.588. The number of carbonyl (C=O) groups is 1. The van der Waals surface area contributed by atoms with Crippen LogP contribution in [0.25, 0.3) is 0 Å². The van der Waals surface area contributed by atoms with E-state index in [-0.39, 0.29) is 16.7 Å². The van der Waals surface area contributed by atoms with E-state index >= 15 is 0 Å². The summed E-state index contributed by atoms with van der Waals surface area (Å²) in [6.07, 6.45) is 3.55. The number of rotatable bonds is 3. The number of carbonyl (C=O) groups excluding carboxylic acids is 1. The summed E-state index contributed by atoms with van der Waals surface area (Å²) in [6, 6.07) is 5.25. The third-order valence-corrected chi connectivity index (χ3v) is 4.65. The van der Waals surface area contributed by atoms with Crippen LogP contribution in [-0.2, 0) is 10.2 Å². The quantitative estimate of drug-likeness (QED) is 0.800. The van der Waals surface area contributed by atoms with Crippen LogP contribution in [-0.4, -0.2) is 22.3 Å². The molecule has 0 unspecified atom stereocenters. The Morgan fingerprint density at radius 3 is 2.36 bits per heavy atom. The lowest BCUT2D eigenvalue weighted by Crippen LogP contribution is -2.37. The molecular formula is C17H24N2O3. The van der Waals surface area contributed by atoms with Crippen molar-refractivity contribution in [2.75, 3.05) is 5.32 Å². The summed E-state index contributed by atoms with van der Waals surface area (Å²) in [4.78, 5) is 11.8. The van der Waals surface area contributed by atoms with Gasteiger partial charge in [0.05, 0.1) is 0 Å². The van der Waals surface area contributed by atoms with Crippen molar-refractivity contribution in [2.45, 2.75) is 63.0 Å². The first-order valence-corrected chi connectivity index (χ1v) is 7.78. The molecule has 120 valence electrons. The van der Waals surface area contributed by atoms with Crippen LogP contribution in [0.5, 0.6) is 5.75 Å². The van der Waals surface area contributed by atoms with E-state index in [1.165, 1.54) is 0 Å². The van der Waals surface area contributed by atoms with Crippen molar-refractivity contribution < 1.29 is 14.6 Å². The number of anilines is 1. The first kappa shape index (κ1) is 15.2. The van der Waals surface area contributed by atoms with Crippen LogP contribution >= 0.6 is 0 Å². The molecule has 1 aromatic rings. The minimum absolute atomic E-state index is 0.0679. The normalized spacial score (nSPS) is 21.1. The summed E-state index contributed by atoms with van der Waals surface area (Å²) < 4.78 is 5.20. The van der Waals surface area contributed by atoms with Crippen molar-refractivity contribution in [3.05, 3.63) is 23.8 Å². The Kier molecular flexibility index (Phi) is 3.18. The van der Waals surface area contributed by atoms with Gasteiger partial charge in [0.15, 0.2) is 0 Å². The van der Waals surface area contributed by atoms with Crippen LogP contribution < -0.4 is 11.1 Å². The molecular weight excluding hydrogens is 280 g/mol. The highest BCUT2D eigenvalue weighted by atomic mass is 16.6. The molecule has 2 aliphatic carbocycles. The summed E-state index contributed by atoms with van der Waals surface area (Å²) in [5.41, 5.74) is 7.03. The maximum atomic E-state index is 11.8. The molecule has 2 aliphatic rings. The number of phenols is 1. The lowest BCUT2D eigenvalue weighted by Gasteiger charge is -2.25. The van der Waals surface area contributed by atoms with Gasteiger partial charge in [0, 0.05) is 28.3 Å². The number of phenolic OH excluding ortho intramolecular Hbond substituents is 1. The van der Waals surface area contributed by atoms with E-state index < -0.39 is 11.7 Å². The molecule has 0 spiro atoms. The number of ether oxygens (including phenoxy) is 1. The molecule has 1 aromatic carbocycles. The van der Waals surface area contributed by atoms with Gasteiger partial charge in [0.2, 0.25) is 0 Å². The zero-order valence-corrected chi connectivity index (χ0v) is 13.4. The molecule has 2 saturated carbocycles. The minimum Gasteiger partial charge on any atom is -0.508 e. The smallest absolute Gasteiger partial charge is 0.412 e. The molecule has 0 saturated heterocycles. The Labute approximate surface area is 130 Å². The number of hydrogen-bond acceptors (Lipinski definition) is 4. The molecule has 0 atom stereocenters. The van der Waals surface area contributed by atoms with Crippen molar-refractivity contribution >= 4 is 11.8 Å². The highest BCUT2D eigenvalue weighted by Crippen LogP contribution is 2.65. The molecule has 22 heavy (non-hydrogen) atoms. The van der Waals surface area contributed by atoms with Crippen molar-refractivity contribution in [2.24, 2.45) is 5.73 Å². The topological polar surface area (TPSA) is 84.6 Å². The number of benzene rings is 1. The third kappa shape index (κ3) is 2.65. The second-order valence-electron chi connectivity index (χ2n) is 7.60. The van der Waals surface area contributed by atoms with Crippen molar-refractivity contribution in [3.63, 3.8) is 0 Å². The summed E-state index contributed by atoms with van der Waals surface area (Å²) in [5, 5.41) is 13.0. The van der Waals surface area contributed by atoms with Crippen molar-refractivity contribution in [1.82, 2.24) is 0 Å². The van der Waals surface area contributed by atoms with E-state index in [1.807, 2.05) is 6.07 Å². The largest absolute Gasteiger partial charge is 0.508 e. The van der Waals surface area contributed by atoms with E-state index in [4.69, 9.17) is 10.5 Å². The molecule has 0 aromatic heterocycles. The van der Waals surface area contributed by atoms with Crippen LogP contribution in [0.3, 0.4) is 0 Å². The maximum absolute atomic E-state index is 11.8. The molecule has 1 amide bonds. The van der Waals surface area contributed by atoms with Gasteiger partial charge in [0.1, 0.15) is 11.4 Å². The third-order valence-electron chi connectivity index (χ3n) is 4.65.